The van der Waals surface area contributed by atoms with Crippen LogP contribution in [0.3, 0.4) is 0 Å². The summed E-state index contributed by atoms with van der Waals surface area (Å²) in [7, 11) is 0. The normalized spacial score (nSPS) is 19.2. The van der Waals surface area contributed by atoms with Gasteiger partial charge in [0.05, 0.1) is 19.3 Å². The standard InChI is InChI=1S/C10H16N2O2S/c1-8(13)6-9-7-11-10(15-9)12-2-4-14-5-3-12/h7-8,13H,2-6H2,1H3/t8-/m1/s1. The number of aliphatic hydroxyl groups is 1. The Labute approximate surface area is 93.5 Å². The van der Waals surface area contributed by atoms with E-state index < -0.39 is 0 Å². The van der Waals surface area contributed by atoms with Gasteiger partial charge in [-0.15, -0.1) is 11.3 Å². The molecule has 1 fully saturated rings. The fourth-order valence-corrected chi connectivity index (χ4v) is 2.67. The number of hydrogen-bond acceptors (Lipinski definition) is 5. The van der Waals surface area contributed by atoms with E-state index in [1.165, 1.54) is 0 Å². The van der Waals surface area contributed by atoms with Crippen molar-refractivity contribution in [2.45, 2.75) is 19.4 Å². The Morgan fingerprint density at radius 2 is 2.33 bits per heavy atom. The molecule has 1 atom stereocenters. The summed E-state index contributed by atoms with van der Waals surface area (Å²) >= 11 is 1.67. The summed E-state index contributed by atoms with van der Waals surface area (Å²) in [6, 6.07) is 0. The highest BCUT2D eigenvalue weighted by Crippen LogP contribution is 2.24. The smallest absolute Gasteiger partial charge is 0.185 e. The molecular formula is C10H16N2O2S. The number of aromatic nitrogens is 1. The molecule has 1 N–H and O–H groups in total. The van der Waals surface area contributed by atoms with Crippen molar-refractivity contribution in [1.29, 1.82) is 0 Å². The average Bonchev–Trinajstić information content (AvgIpc) is 2.67. The van der Waals surface area contributed by atoms with E-state index in [2.05, 4.69) is 9.88 Å². The second-order valence-electron chi connectivity index (χ2n) is 3.76. The number of hydrogen-bond donors (Lipinski definition) is 1. The number of anilines is 1. The summed E-state index contributed by atoms with van der Waals surface area (Å²) in [5.41, 5.74) is 0. The van der Waals surface area contributed by atoms with Gasteiger partial charge in [0.2, 0.25) is 0 Å². The molecule has 15 heavy (non-hydrogen) atoms. The van der Waals surface area contributed by atoms with Gasteiger partial charge < -0.3 is 14.7 Å². The molecule has 1 aliphatic heterocycles. The zero-order chi connectivity index (χ0) is 10.7. The van der Waals surface area contributed by atoms with Crippen LogP contribution < -0.4 is 4.90 Å². The van der Waals surface area contributed by atoms with Crippen LogP contribution in [0.2, 0.25) is 0 Å². The quantitative estimate of drug-likeness (QED) is 0.835. The van der Waals surface area contributed by atoms with Crippen LogP contribution in [0.25, 0.3) is 0 Å². The van der Waals surface area contributed by atoms with Crippen LogP contribution in [0, 0.1) is 0 Å². The van der Waals surface area contributed by atoms with Gasteiger partial charge in [0.1, 0.15) is 0 Å². The molecule has 0 saturated carbocycles. The summed E-state index contributed by atoms with van der Waals surface area (Å²) in [6.45, 7) is 5.20. The second-order valence-corrected chi connectivity index (χ2v) is 4.86. The zero-order valence-corrected chi connectivity index (χ0v) is 9.66. The van der Waals surface area contributed by atoms with Crippen molar-refractivity contribution in [3.63, 3.8) is 0 Å². The summed E-state index contributed by atoms with van der Waals surface area (Å²) in [5, 5.41) is 10.3. The number of morpholine rings is 1. The van der Waals surface area contributed by atoms with Gasteiger partial charge in [-0.25, -0.2) is 4.98 Å². The Hall–Kier alpha value is -0.650. The van der Waals surface area contributed by atoms with E-state index >= 15 is 0 Å². The molecule has 84 valence electrons. The highest BCUT2D eigenvalue weighted by atomic mass is 32.1. The fourth-order valence-electron chi connectivity index (χ4n) is 1.58. The van der Waals surface area contributed by atoms with Crippen molar-refractivity contribution in [2.24, 2.45) is 0 Å². The van der Waals surface area contributed by atoms with Crippen LogP contribution in [0.15, 0.2) is 6.20 Å². The van der Waals surface area contributed by atoms with E-state index in [1.54, 1.807) is 18.3 Å². The first-order chi connectivity index (χ1) is 7.25. The van der Waals surface area contributed by atoms with Gasteiger partial charge in [-0.05, 0) is 6.92 Å². The van der Waals surface area contributed by atoms with Gasteiger partial charge in [0.25, 0.3) is 0 Å². The summed E-state index contributed by atoms with van der Waals surface area (Å²) in [6.07, 6.45) is 2.27. The lowest BCUT2D eigenvalue weighted by atomic mass is 10.3. The Morgan fingerprint density at radius 3 is 3.00 bits per heavy atom. The molecule has 1 aromatic rings. The predicted molar refractivity (Wildman–Crippen MR) is 60.5 cm³/mol. The van der Waals surface area contributed by atoms with Crippen LogP contribution in [-0.4, -0.2) is 42.5 Å². The van der Waals surface area contributed by atoms with Crippen molar-refractivity contribution in [2.75, 3.05) is 31.2 Å². The molecule has 4 nitrogen and oxygen atoms in total. The molecule has 0 aliphatic carbocycles. The summed E-state index contributed by atoms with van der Waals surface area (Å²) in [4.78, 5) is 7.75. The Morgan fingerprint density at radius 1 is 1.60 bits per heavy atom. The largest absolute Gasteiger partial charge is 0.393 e. The van der Waals surface area contributed by atoms with E-state index in [9.17, 15) is 5.11 Å². The molecule has 1 saturated heterocycles. The van der Waals surface area contributed by atoms with Gasteiger partial charge in [-0.2, -0.15) is 0 Å². The van der Waals surface area contributed by atoms with Crippen molar-refractivity contribution in [3.05, 3.63) is 11.1 Å². The lowest BCUT2D eigenvalue weighted by molar-refractivity contribution is 0.122. The molecule has 1 aliphatic rings. The van der Waals surface area contributed by atoms with Crippen molar-refractivity contribution >= 4 is 16.5 Å². The first-order valence-electron chi connectivity index (χ1n) is 5.21. The molecule has 1 aromatic heterocycles. The zero-order valence-electron chi connectivity index (χ0n) is 8.85. The topological polar surface area (TPSA) is 45.6 Å². The van der Waals surface area contributed by atoms with Gasteiger partial charge in [0, 0.05) is 30.6 Å². The monoisotopic (exact) mass is 228 g/mol. The molecule has 0 aromatic carbocycles. The molecule has 0 unspecified atom stereocenters. The van der Waals surface area contributed by atoms with Crippen molar-refractivity contribution < 1.29 is 9.84 Å². The summed E-state index contributed by atoms with van der Waals surface area (Å²) < 4.78 is 5.29. The second kappa shape index (κ2) is 4.92. The number of aliphatic hydroxyl groups excluding tert-OH is 1. The lowest BCUT2D eigenvalue weighted by Gasteiger charge is -2.25. The molecule has 0 bridgehead atoms. The maximum absolute atomic E-state index is 9.27. The first kappa shape index (κ1) is 10.9. The van der Waals surface area contributed by atoms with Crippen molar-refractivity contribution in [1.82, 2.24) is 4.98 Å². The van der Waals surface area contributed by atoms with Crippen LogP contribution in [-0.2, 0) is 11.2 Å². The molecule has 0 spiro atoms. The van der Waals surface area contributed by atoms with Crippen LogP contribution in [0.4, 0.5) is 5.13 Å². The number of rotatable bonds is 3. The number of thiazole rings is 1. The van der Waals surface area contributed by atoms with Crippen molar-refractivity contribution in [3.8, 4) is 0 Å². The van der Waals surface area contributed by atoms with Crippen LogP contribution in [0.1, 0.15) is 11.8 Å². The molecule has 2 rings (SSSR count). The molecule has 2 heterocycles. The highest BCUT2D eigenvalue weighted by Gasteiger charge is 2.14. The average molecular weight is 228 g/mol. The van der Waals surface area contributed by atoms with E-state index in [0.29, 0.717) is 6.42 Å². The van der Waals surface area contributed by atoms with Gasteiger partial charge in [-0.3, -0.25) is 0 Å². The maximum Gasteiger partial charge on any atom is 0.185 e. The van der Waals surface area contributed by atoms with E-state index in [4.69, 9.17) is 4.74 Å². The maximum atomic E-state index is 9.27. The molecule has 5 heteroatoms. The lowest BCUT2D eigenvalue weighted by Crippen LogP contribution is -2.36. The summed E-state index contributed by atoms with van der Waals surface area (Å²) in [5.74, 6) is 0. The third kappa shape index (κ3) is 2.90. The third-order valence-electron chi connectivity index (χ3n) is 2.32. The third-order valence-corrected chi connectivity index (χ3v) is 3.40. The highest BCUT2D eigenvalue weighted by molar-refractivity contribution is 7.15. The minimum absolute atomic E-state index is 0.289. The Balaban J connectivity index is 1.99. The first-order valence-corrected chi connectivity index (χ1v) is 6.03. The Bertz CT molecular complexity index is 308. The predicted octanol–water partition coefficient (Wildman–Crippen LogP) is 0.903. The van der Waals surface area contributed by atoms with Gasteiger partial charge >= 0.3 is 0 Å². The molecule has 0 amide bonds. The number of ether oxygens (including phenoxy) is 1. The van der Waals surface area contributed by atoms with Crippen LogP contribution in [0.5, 0.6) is 0 Å². The number of nitrogens with zero attached hydrogens (tertiary/aromatic N) is 2. The SMILES string of the molecule is C[C@@H](O)Cc1cnc(N2CCOCC2)s1. The molecule has 0 radical (unpaired) electrons. The van der Waals surface area contributed by atoms with E-state index in [1.807, 2.05) is 6.20 Å². The van der Waals surface area contributed by atoms with Gasteiger partial charge in [-0.1, -0.05) is 0 Å². The molecular weight excluding hydrogens is 212 g/mol. The van der Waals surface area contributed by atoms with E-state index in [-0.39, 0.29) is 6.10 Å². The van der Waals surface area contributed by atoms with E-state index in [0.717, 1.165) is 36.3 Å². The van der Waals surface area contributed by atoms with Gasteiger partial charge in [0.15, 0.2) is 5.13 Å². The minimum atomic E-state index is -0.289. The van der Waals surface area contributed by atoms with Crippen LogP contribution >= 0.6 is 11.3 Å². The minimum Gasteiger partial charge on any atom is -0.393 e. The Kier molecular flexibility index (Phi) is 3.56. The fraction of sp³-hybridized carbons (Fsp3) is 0.700.